The minimum absolute atomic E-state index is 0.328. The van der Waals surface area contributed by atoms with Crippen molar-refractivity contribution in [3.63, 3.8) is 0 Å². The lowest BCUT2D eigenvalue weighted by atomic mass is 10.0. The van der Waals surface area contributed by atoms with Gasteiger partial charge in [0, 0.05) is 17.4 Å². The summed E-state index contributed by atoms with van der Waals surface area (Å²) < 4.78 is 0. The Morgan fingerprint density at radius 1 is 1.06 bits per heavy atom. The van der Waals surface area contributed by atoms with Gasteiger partial charge in [0.15, 0.2) is 0 Å². The van der Waals surface area contributed by atoms with E-state index in [0.717, 1.165) is 42.2 Å². The van der Waals surface area contributed by atoms with Crippen molar-refractivity contribution in [2.24, 2.45) is 35.2 Å². The van der Waals surface area contributed by atoms with Crippen molar-refractivity contribution in [3.05, 3.63) is 11.4 Å². The summed E-state index contributed by atoms with van der Waals surface area (Å²) >= 11 is 0. The van der Waals surface area contributed by atoms with Crippen LogP contribution in [-0.2, 0) is 0 Å². The van der Waals surface area contributed by atoms with Gasteiger partial charge in [-0.3, -0.25) is 0 Å². The molecule has 0 aromatic carbocycles. The molecule has 0 radical (unpaired) electrons. The average Bonchev–Trinajstić information content (AvgIpc) is 2.96. The van der Waals surface area contributed by atoms with Crippen LogP contribution in [0.3, 0.4) is 0 Å². The number of hydrogen-bond acceptors (Lipinski definition) is 3. The molecule has 0 saturated heterocycles. The van der Waals surface area contributed by atoms with Crippen molar-refractivity contribution in [2.45, 2.75) is 59.4 Å². The Morgan fingerprint density at radius 3 is 2.11 bits per heavy atom. The van der Waals surface area contributed by atoms with E-state index in [4.69, 9.17) is 11.6 Å². The molecule has 1 fully saturated rings. The summed E-state index contributed by atoms with van der Waals surface area (Å²) in [6.45, 7) is 8.96. The predicted octanol–water partition coefficient (Wildman–Crippen LogP) is 2.83. The average molecular weight is 251 g/mol. The highest BCUT2D eigenvalue weighted by molar-refractivity contribution is 5.14. The van der Waals surface area contributed by atoms with Crippen molar-refractivity contribution in [2.75, 3.05) is 0 Å². The lowest BCUT2D eigenvalue weighted by molar-refractivity contribution is 0.272. The Morgan fingerprint density at radius 2 is 1.61 bits per heavy atom. The van der Waals surface area contributed by atoms with Crippen LogP contribution >= 0.6 is 0 Å². The number of fused-ring (bicyclic) bond motifs is 1. The topological polar surface area (TPSA) is 55.3 Å². The van der Waals surface area contributed by atoms with E-state index in [1.54, 1.807) is 0 Å². The molecule has 3 heteroatoms. The normalized spacial score (nSPS) is 36.3. The molecule has 0 amide bonds. The lowest BCUT2D eigenvalue weighted by Gasteiger charge is -2.28. The summed E-state index contributed by atoms with van der Waals surface area (Å²) in [4.78, 5) is 0. The maximum Gasteiger partial charge on any atom is 0.0481 e. The largest absolute Gasteiger partial charge is 0.401 e. The molecule has 3 atom stereocenters. The Balaban J connectivity index is 2.05. The van der Waals surface area contributed by atoms with Crippen molar-refractivity contribution in [1.82, 2.24) is 5.01 Å². The van der Waals surface area contributed by atoms with Crippen molar-refractivity contribution in [3.8, 4) is 0 Å². The molecule has 4 N–H and O–H groups in total. The third kappa shape index (κ3) is 2.51. The molecule has 0 spiro atoms. The zero-order chi connectivity index (χ0) is 13.4. The van der Waals surface area contributed by atoms with Gasteiger partial charge in [-0.25, -0.2) is 5.84 Å². The Bertz CT molecular complexity index is 333. The fraction of sp³-hybridized carbons (Fsp3) is 0.867. The van der Waals surface area contributed by atoms with Crippen molar-refractivity contribution >= 4 is 0 Å². The third-order valence-electron chi connectivity index (χ3n) is 4.87. The van der Waals surface area contributed by atoms with Crippen LogP contribution in [0.25, 0.3) is 0 Å². The van der Waals surface area contributed by atoms with Gasteiger partial charge in [0.2, 0.25) is 0 Å². The van der Waals surface area contributed by atoms with E-state index in [-0.39, 0.29) is 0 Å². The van der Waals surface area contributed by atoms with Crippen LogP contribution in [0, 0.1) is 23.7 Å². The Kier molecular flexibility index (Phi) is 3.90. The standard InChI is InChI=1S/C15H29N3/c1-9(2)15-11-5-7-13(16)14(8-6-12(11)15)18(17)10(3)4/h9-12,15H,5-8,16-17H2,1-4H3/b14-13-. The molecule has 3 nitrogen and oxygen atoms in total. The molecule has 0 aromatic rings. The van der Waals surface area contributed by atoms with E-state index in [1.807, 2.05) is 5.01 Å². The molecule has 0 aliphatic heterocycles. The maximum absolute atomic E-state index is 6.25. The Labute approximate surface area is 112 Å². The first-order chi connectivity index (χ1) is 8.43. The maximum atomic E-state index is 6.25. The highest BCUT2D eigenvalue weighted by Gasteiger charge is 2.50. The quantitative estimate of drug-likeness (QED) is 0.599. The van der Waals surface area contributed by atoms with Crippen molar-refractivity contribution < 1.29 is 0 Å². The number of nitrogens with zero attached hydrogens (tertiary/aromatic N) is 1. The molecule has 18 heavy (non-hydrogen) atoms. The van der Waals surface area contributed by atoms with Gasteiger partial charge >= 0.3 is 0 Å². The molecular formula is C15H29N3. The smallest absolute Gasteiger partial charge is 0.0481 e. The van der Waals surface area contributed by atoms with Crippen LogP contribution in [0.2, 0.25) is 0 Å². The molecule has 2 aliphatic carbocycles. The highest BCUT2D eigenvalue weighted by atomic mass is 15.4. The molecule has 1 saturated carbocycles. The predicted molar refractivity (Wildman–Crippen MR) is 76.2 cm³/mol. The van der Waals surface area contributed by atoms with E-state index >= 15 is 0 Å². The van der Waals surface area contributed by atoms with Crippen LogP contribution in [0.15, 0.2) is 11.4 Å². The molecule has 2 aliphatic rings. The summed E-state index contributed by atoms with van der Waals surface area (Å²) in [5, 5.41) is 1.88. The number of nitrogens with two attached hydrogens (primary N) is 2. The number of rotatable bonds is 3. The van der Waals surface area contributed by atoms with Crippen LogP contribution < -0.4 is 11.6 Å². The van der Waals surface area contributed by atoms with E-state index in [1.165, 1.54) is 18.5 Å². The Hall–Kier alpha value is -0.700. The van der Waals surface area contributed by atoms with Gasteiger partial charge < -0.3 is 10.7 Å². The molecule has 0 aromatic heterocycles. The summed E-state index contributed by atoms with van der Waals surface area (Å²) in [6, 6.07) is 0.328. The van der Waals surface area contributed by atoms with E-state index in [2.05, 4.69) is 27.7 Å². The van der Waals surface area contributed by atoms with Gasteiger partial charge in [-0.15, -0.1) is 0 Å². The second-order valence-electron chi connectivity index (χ2n) is 6.70. The summed E-state index contributed by atoms with van der Waals surface area (Å²) in [5.41, 5.74) is 8.47. The second kappa shape index (κ2) is 5.12. The van der Waals surface area contributed by atoms with Crippen LogP contribution in [0.1, 0.15) is 53.4 Å². The first kappa shape index (κ1) is 13.7. The zero-order valence-electron chi connectivity index (χ0n) is 12.3. The SMILES string of the molecule is CC(C)C1C2CC/C(N)=C(/N(N)C(C)C)CCC21. The number of allylic oxidation sites excluding steroid dienone is 2. The summed E-state index contributed by atoms with van der Waals surface area (Å²) in [5.74, 6) is 9.76. The molecule has 3 unspecified atom stereocenters. The first-order valence-corrected chi connectivity index (χ1v) is 7.45. The van der Waals surface area contributed by atoms with Gasteiger partial charge in [-0.1, -0.05) is 13.8 Å². The molecule has 2 rings (SSSR count). The molecule has 0 heterocycles. The summed E-state index contributed by atoms with van der Waals surface area (Å²) in [6.07, 6.45) is 4.61. The van der Waals surface area contributed by atoms with Crippen LogP contribution in [0.5, 0.6) is 0 Å². The summed E-state index contributed by atoms with van der Waals surface area (Å²) in [7, 11) is 0. The minimum Gasteiger partial charge on any atom is -0.401 e. The monoisotopic (exact) mass is 251 g/mol. The molecular weight excluding hydrogens is 222 g/mol. The highest BCUT2D eigenvalue weighted by Crippen LogP contribution is 2.57. The zero-order valence-corrected chi connectivity index (χ0v) is 12.3. The van der Waals surface area contributed by atoms with Gasteiger partial charge in [0.1, 0.15) is 0 Å². The fourth-order valence-electron chi connectivity index (χ4n) is 3.81. The lowest BCUT2D eigenvalue weighted by Crippen LogP contribution is -2.38. The number of hydrazine groups is 1. The van der Waals surface area contributed by atoms with E-state index in [0.29, 0.717) is 6.04 Å². The second-order valence-corrected chi connectivity index (χ2v) is 6.70. The van der Waals surface area contributed by atoms with E-state index < -0.39 is 0 Å². The number of hydrogen-bond donors (Lipinski definition) is 2. The van der Waals surface area contributed by atoms with Gasteiger partial charge in [0.25, 0.3) is 0 Å². The molecule has 0 bridgehead atoms. The first-order valence-electron chi connectivity index (χ1n) is 7.45. The fourth-order valence-corrected chi connectivity index (χ4v) is 3.81. The third-order valence-corrected chi connectivity index (χ3v) is 4.87. The van der Waals surface area contributed by atoms with E-state index in [9.17, 15) is 0 Å². The molecule has 104 valence electrons. The van der Waals surface area contributed by atoms with Crippen LogP contribution in [0.4, 0.5) is 0 Å². The van der Waals surface area contributed by atoms with Gasteiger partial charge in [0.05, 0.1) is 0 Å². The van der Waals surface area contributed by atoms with Gasteiger partial charge in [-0.2, -0.15) is 0 Å². The van der Waals surface area contributed by atoms with Crippen LogP contribution in [-0.4, -0.2) is 11.1 Å². The van der Waals surface area contributed by atoms with Crippen molar-refractivity contribution in [1.29, 1.82) is 0 Å². The minimum atomic E-state index is 0.328. The van der Waals surface area contributed by atoms with Gasteiger partial charge in [-0.05, 0) is 63.2 Å².